The monoisotopic (exact) mass is 387 g/mol. The molecular weight excluding hydrogens is 362 g/mol. The number of carbonyl (C=O) groups is 1. The van der Waals surface area contributed by atoms with Gasteiger partial charge in [0.15, 0.2) is 0 Å². The smallest absolute Gasteiger partial charge is 0.323 e. The molecule has 2 N–H and O–H groups in total. The molecule has 29 heavy (non-hydrogen) atoms. The Morgan fingerprint density at radius 3 is 2.10 bits per heavy atom. The van der Waals surface area contributed by atoms with Crippen molar-refractivity contribution in [1.29, 1.82) is 0 Å². The zero-order valence-electron chi connectivity index (χ0n) is 16.3. The van der Waals surface area contributed by atoms with Crippen molar-refractivity contribution in [3.63, 3.8) is 0 Å². The van der Waals surface area contributed by atoms with E-state index >= 15 is 0 Å². The molecule has 1 aromatic heterocycles. The van der Waals surface area contributed by atoms with Gasteiger partial charge in [-0.1, -0.05) is 48.5 Å². The number of piperazine rings is 1. The maximum absolute atomic E-state index is 12.1. The molecule has 148 valence electrons. The minimum atomic E-state index is -0.278. The molecule has 0 atom stereocenters. The molecule has 2 amide bonds. The van der Waals surface area contributed by atoms with Gasteiger partial charge in [-0.2, -0.15) is 0 Å². The van der Waals surface area contributed by atoms with Gasteiger partial charge in [-0.05, 0) is 29.8 Å². The van der Waals surface area contributed by atoms with Crippen molar-refractivity contribution in [2.45, 2.75) is 6.54 Å². The first-order valence-electron chi connectivity index (χ1n) is 9.86. The molecule has 1 aliphatic rings. The molecule has 1 saturated heterocycles. The summed E-state index contributed by atoms with van der Waals surface area (Å²) in [5, 5.41) is 5.61. The molecule has 4 rings (SSSR count). The number of carbonyl (C=O) groups excluding carboxylic acids is 1. The molecule has 0 aliphatic carbocycles. The highest BCUT2D eigenvalue weighted by molar-refractivity contribution is 5.99. The number of nitrogens with zero attached hydrogens (tertiary/aromatic N) is 3. The molecule has 2 heterocycles. The molecule has 6 heteroatoms. The molecule has 3 aromatic rings. The number of hydrogen-bond donors (Lipinski definition) is 2. The Balaban J connectivity index is 1.27. The third kappa shape index (κ3) is 5.33. The highest BCUT2D eigenvalue weighted by atomic mass is 16.2. The third-order valence-corrected chi connectivity index (χ3v) is 4.98. The second kappa shape index (κ2) is 9.21. The number of aromatic nitrogens is 1. The van der Waals surface area contributed by atoms with Gasteiger partial charge in [0, 0.05) is 38.4 Å². The lowest BCUT2D eigenvalue weighted by Crippen LogP contribution is -2.46. The van der Waals surface area contributed by atoms with Crippen molar-refractivity contribution in [2.24, 2.45) is 0 Å². The maximum atomic E-state index is 12.1. The molecule has 2 aromatic carbocycles. The van der Waals surface area contributed by atoms with Gasteiger partial charge < -0.3 is 15.5 Å². The molecule has 0 bridgehead atoms. The number of nitrogens with one attached hydrogen (secondary N) is 2. The fourth-order valence-corrected chi connectivity index (χ4v) is 3.44. The maximum Gasteiger partial charge on any atom is 0.323 e. The van der Waals surface area contributed by atoms with Gasteiger partial charge in [0.25, 0.3) is 0 Å². The predicted molar refractivity (Wildman–Crippen MR) is 117 cm³/mol. The van der Waals surface area contributed by atoms with Crippen molar-refractivity contribution in [3.05, 3.63) is 84.6 Å². The van der Waals surface area contributed by atoms with Crippen molar-refractivity contribution in [3.8, 4) is 0 Å². The van der Waals surface area contributed by atoms with Crippen LogP contribution in [0.2, 0.25) is 0 Å². The lowest BCUT2D eigenvalue weighted by Gasteiger charge is -2.35. The summed E-state index contributed by atoms with van der Waals surface area (Å²) < 4.78 is 0. The lowest BCUT2D eigenvalue weighted by molar-refractivity contribution is 0.249. The van der Waals surface area contributed by atoms with Crippen LogP contribution in [0.4, 0.5) is 22.0 Å². The minimum absolute atomic E-state index is 0.278. The number of hydrogen-bond acceptors (Lipinski definition) is 4. The molecular formula is C23H25N5O. The fraction of sp³-hybridized carbons (Fsp3) is 0.217. The Bertz CT molecular complexity index is 907. The van der Waals surface area contributed by atoms with Gasteiger partial charge >= 0.3 is 6.03 Å². The van der Waals surface area contributed by atoms with Gasteiger partial charge in [0.2, 0.25) is 0 Å². The standard InChI is InChI=1S/C23H25N5O/c29-23(25-20-9-5-2-6-10-20)26-21-11-12-22(24-17-21)28-15-13-27(14-16-28)18-19-7-3-1-4-8-19/h1-12,17H,13-16,18H2,(H2,25,26,29). The van der Waals surface area contributed by atoms with Crippen molar-refractivity contribution < 1.29 is 4.79 Å². The van der Waals surface area contributed by atoms with Crippen LogP contribution in [0.5, 0.6) is 0 Å². The Labute approximate surface area is 171 Å². The normalized spacial score (nSPS) is 14.4. The third-order valence-electron chi connectivity index (χ3n) is 4.98. The quantitative estimate of drug-likeness (QED) is 0.693. The van der Waals surface area contributed by atoms with Crippen LogP contribution in [0.25, 0.3) is 0 Å². The SMILES string of the molecule is O=C(Nc1ccccc1)Nc1ccc(N2CCN(Cc3ccccc3)CC2)nc1. The summed E-state index contributed by atoms with van der Waals surface area (Å²) in [4.78, 5) is 21.4. The second-order valence-corrected chi connectivity index (χ2v) is 7.10. The minimum Gasteiger partial charge on any atom is -0.354 e. The summed E-state index contributed by atoms with van der Waals surface area (Å²) in [5.41, 5.74) is 2.77. The molecule has 1 aliphatic heterocycles. The van der Waals surface area contributed by atoms with E-state index < -0.39 is 0 Å². The van der Waals surface area contributed by atoms with Crippen LogP contribution in [-0.2, 0) is 6.54 Å². The first kappa shape index (κ1) is 19.0. The Kier molecular flexibility index (Phi) is 6.02. The molecule has 6 nitrogen and oxygen atoms in total. The fourth-order valence-electron chi connectivity index (χ4n) is 3.44. The predicted octanol–water partition coefficient (Wildman–Crippen LogP) is 4.05. The average molecular weight is 387 g/mol. The van der Waals surface area contributed by atoms with Gasteiger partial charge in [0.05, 0.1) is 11.9 Å². The Morgan fingerprint density at radius 1 is 0.793 bits per heavy atom. The summed E-state index contributed by atoms with van der Waals surface area (Å²) in [6.45, 7) is 4.90. The Morgan fingerprint density at radius 2 is 1.45 bits per heavy atom. The first-order chi connectivity index (χ1) is 14.3. The van der Waals surface area contributed by atoms with E-state index in [-0.39, 0.29) is 6.03 Å². The average Bonchev–Trinajstić information content (AvgIpc) is 2.76. The van der Waals surface area contributed by atoms with E-state index in [9.17, 15) is 4.79 Å². The summed E-state index contributed by atoms with van der Waals surface area (Å²) in [6.07, 6.45) is 1.70. The van der Waals surface area contributed by atoms with E-state index in [4.69, 9.17) is 0 Å². The number of benzene rings is 2. The zero-order chi connectivity index (χ0) is 19.9. The van der Waals surface area contributed by atoms with Crippen LogP contribution in [0, 0.1) is 0 Å². The molecule has 0 saturated carbocycles. The number of amides is 2. The van der Waals surface area contributed by atoms with Crippen LogP contribution < -0.4 is 15.5 Å². The van der Waals surface area contributed by atoms with Crippen LogP contribution in [-0.4, -0.2) is 42.1 Å². The number of pyridine rings is 1. The van der Waals surface area contributed by atoms with Crippen LogP contribution >= 0.6 is 0 Å². The van der Waals surface area contributed by atoms with Gasteiger partial charge in [-0.3, -0.25) is 4.90 Å². The van der Waals surface area contributed by atoms with Crippen LogP contribution in [0.3, 0.4) is 0 Å². The lowest BCUT2D eigenvalue weighted by atomic mass is 10.2. The molecule has 0 radical (unpaired) electrons. The zero-order valence-corrected chi connectivity index (χ0v) is 16.3. The van der Waals surface area contributed by atoms with E-state index in [1.807, 2.05) is 42.5 Å². The highest BCUT2D eigenvalue weighted by Crippen LogP contribution is 2.17. The van der Waals surface area contributed by atoms with Crippen molar-refractivity contribution in [2.75, 3.05) is 41.7 Å². The van der Waals surface area contributed by atoms with Crippen molar-refractivity contribution >= 4 is 23.2 Å². The van der Waals surface area contributed by atoms with E-state index in [1.54, 1.807) is 6.20 Å². The highest BCUT2D eigenvalue weighted by Gasteiger charge is 2.18. The second-order valence-electron chi connectivity index (χ2n) is 7.10. The molecule has 0 unspecified atom stereocenters. The molecule has 0 spiro atoms. The van der Waals surface area contributed by atoms with Gasteiger partial charge in [-0.25, -0.2) is 9.78 Å². The number of anilines is 3. The van der Waals surface area contributed by atoms with Crippen LogP contribution in [0.15, 0.2) is 79.0 Å². The summed E-state index contributed by atoms with van der Waals surface area (Å²) in [6, 6.07) is 23.5. The van der Waals surface area contributed by atoms with Crippen molar-refractivity contribution in [1.82, 2.24) is 9.88 Å². The number of rotatable bonds is 5. The number of urea groups is 1. The number of para-hydroxylation sites is 1. The van der Waals surface area contributed by atoms with E-state index in [1.165, 1.54) is 5.56 Å². The van der Waals surface area contributed by atoms with Gasteiger partial charge in [-0.15, -0.1) is 0 Å². The van der Waals surface area contributed by atoms with Gasteiger partial charge in [0.1, 0.15) is 5.82 Å². The van der Waals surface area contributed by atoms with Crippen LogP contribution in [0.1, 0.15) is 5.56 Å². The van der Waals surface area contributed by atoms with E-state index in [0.29, 0.717) is 5.69 Å². The Hall–Kier alpha value is -3.38. The summed E-state index contributed by atoms with van der Waals surface area (Å²) in [5.74, 6) is 0.943. The topological polar surface area (TPSA) is 60.5 Å². The molecule has 1 fully saturated rings. The summed E-state index contributed by atoms with van der Waals surface area (Å²) >= 11 is 0. The first-order valence-corrected chi connectivity index (χ1v) is 9.86. The summed E-state index contributed by atoms with van der Waals surface area (Å²) in [7, 11) is 0. The van der Waals surface area contributed by atoms with E-state index in [0.717, 1.165) is 44.2 Å². The van der Waals surface area contributed by atoms with E-state index in [2.05, 4.69) is 55.7 Å². The largest absolute Gasteiger partial charge is 0.354 e.